The molecule has 0 aliphatic carbocycles. The van der Waals surface area contributed by atoms with E-state index in [0.717, 1.165) is 6.08 Å². The summed E-state index contributed by atoms with van der Waals surface area (Å²) in [5, 5.41) is 8.53. The molecule has 3 N–H and O–H groups in total. The van der Waals surface area contributed by atoms with Crippen LogP contribution in [-0.4, -0.2) is 28.6 Å². The van der Waals surface area contributed by atoms with E-state index < -0.39 is 17.7 Å². The van der Waals surface area contributed by atoms with Crippen LogP contribution in [0.2, 0.25) is 0 Å². The average molecular weight is 290 g/mol. The third-order valence-electron chi connectivity index (χ3n) is 2.23. The average Bonchev–Trinajstić information content (AvgIpc) is 2.34. The lowest BCUT2D eigenvalue weighted by atomic mass is 10.1. The first-order chi connectivity index (χ1) is 9.67. The lowest BCUT2D eigenvalue weighted by molar-refractivity contribution is -0.131. The molecule has 0 spiro atoms. The number of nitrogens with two attached hydrogens (primary N) is 1. The fraction of sp³-hybridized carbons (Fsp3) is 0.267. The molecule has 0 aromatic heterocycles. The van der Waals surface area contributed by atoms with Gasteiger partial charge in [0.15, 0.2) is 0 Å². The van der Waals surface area contributed by atoms with Gasteiger partial charge in [-0.3, -0.25) is 0 Å². The van der Waals surface area contributed by atoms with Gasteiger partial charge in [0.25, 0.3) is 0 Å². The molecule has 6 nitrogen and oxygen atoms in total. The minimum atomic E-state index is -1.02. The van der Waals surface area contributed by atoms with E-state index in [1.165, 1.54) is 6.08 Å². The van der Waals surface area contributed by atoms with E-state index in [0.29, 0.717) is 11.1 Å². The van der Waals surface area contributed by atoms with Crippen LogP contribution in [0.4, 0.5) is 4.79 Å². The molecule has 0 radical (unpaired) electrons. The number of benzene rings is 1. The molecule has 0 atom stereocenters. The molecule has 1 amide bonds. The Morgan fingerprint density at radius 2 is 1.81 bits per heavy atom. The van der Waals surface area contributed by atoms with Crippen LogP contribution in [0.1, 0.15) is 31.9 Å². The Balaban J connectivity index is 2.81. The molecule has 0 aliphatic rings. The largest absolute Gasteiger partial charge is 0.478 e. The molecule has 0 saturated carbocycles. The summed E-state index contributed by atoms with van der Waals surface area (Å²) in [6.45, 7) is 5.21. The molecule has 1 rings (SSSR count). The van der Waals surface area contributed by atoms with Crippen molar-refractivity contribution in [2.24, 2.45) is 10.7 Å². The van der Waals surface area contributed by atoms with E-state index in [9.17, 15) is 9.59 Å². The first-order valence-electron chi connectivity index (χ1n) is 6.26. The van der Waals surface area contributed by atoms with Crippen molar-refractivity contribution in [3.05, 3.63) is 41.5 Å². The highest BCUT2D eigenvalue weighted by Crippen LogP contribution is 2.10. The van der Waals surface area contributed by atoms with Crippen LogP contribution >= 0.6 is 0 Å². The zero-order valence-corrected chi connectivity index (χ0v) is 12.2. The number of amides is 1. The van der Waals surface area contributed by atoms with E-state index in [4.69, 9.17) is 15.6 Å². The minimum absolute atomic E-state index is 0.0398. The third kappa shape index (κ3) is 6.38. The summed E-state index contributed by atoms with van der Waals surface area (Å²) in [5.74, 6) is -0.983. The summed E-state index contributed by atoms with van der Waals surface area (Å²) in [4.78, 5) is 25.6. The first kappa shape index (κ1) is 16.4. The number of carbonyl (C=O) groups excluding carboxylic acids is 1. The van der Waals surface area contributed by atoms with Gasteiger partial charge in [-0.1, -0.05) is 24.3 Å². The van der Waals surface area contributed by atoms with E-state index in [-0.39, 0.29) is 5.84 Å². The molecule has 1 aromatic rings. The maximum Gasteiger partial charge on any atom is 0.436 e. The second-order valence-electron chi connectivity index (χ2n) is 5.27. The fourth-order valence-electron chi connectivity index (χ4n) is 1.38. The number of aliphatic imine (C=N–C) groups is 1. The normalized spacial score (nSPS) is 12.4. The fourth-order valence-corrected chi connectivity index (χ4v) is 1.38. The minimum Gasteiger partial charge on any atom is -0.478 e. The Morgan fingerprint density at radius 3 is 2.29 bits per heavy atom. The van der Waals surface area contributed by atoms with Crippen LogP contribution in [0.15, 0.2) is 35.3 Å². The van der Waals surface area contributed by atoms with Crippen molar-refractivity contribution in [2.75, 3.05) is 0 Å². The Kier molecular flexibility index (Phi) is 5.24. The van der Waals surface area contributed by atoms with Crippen LogP contribution < -0.4 is 5.73 Å². The lowest BCUT2D eigenvalue weighted by Crippen LogP contribution is -2.24. The molecule has 0 aliphatic heterocycles. The van der Waals surface area contributed by atoms with Crippen molar-refractivity contribution in [1.29, 1.82) is 0 Å². The zero-order valence-electron chi connectivity index (χ0n) is 12.2. The highest BCUT2D eigenvalue weighted by atomic mass is 16.6. The number of amidine groups is 1. The molecule has 0 unspecified atom stereocenters. The van der Waals surface area contributed by atoms with E-state index >= 15 is 0 Å². The van der Waals surface area contributed by atoms with Gasteiger partial charge in [0.05, 0.1) is 0 Å². The Labute approximate surface area is 122 Å². The van der Waals surface area contributed by atoms with Crippen molar-refractivity contribution >= 4 is 24.0 Å². The molecule has 112 valence electrons. The summed E-state index contributed by atoms with van der Waals surface area (Å²) < 4.78 is 5.04. The Morgan fingerprint density at radius 1 is 1.24 bits per heavy atom. The second-order valence-corrected chi connectivity index (χ2v) is 5.27. The number of carboxylic acid groups (broad SMARTS) is 1. The molecule has 0 bridgehead atoms. The van der Waals surface area contributed by atoms with Gasteiger partial charge in [-0.25, -0.2) is 9.59 Å². The molecule has 6 heteroatoms. The SMILES string of the molecule is CC(C)(C)OC(=O)N=C(N)c1ccc(C=CC(=O)O)cc1. The zero-order chi connectivity index (χ0) is 16.0. The number of hydrogen-bond donors (Lipinski definition) is 2. The Hall–Kier alpha value is -2.63. The molecule has 1 aromatic carbocycles. The standard InChI is InChI=1S/C15H18N2O4/c1-15(2,3)21-14(20)17-13(16)11-7-4-10(5-8-11)6-9-12(18)19/h4-9H,1-3H3,(H,18,19)(H2,16,17,20). The van der Waals surface area contributed by atoms with E-state index in [1.807, 2.05) is 0 Å². The molecular weight excluding hydrogens is 272 g/mol. The predicted octanol–water partition coefficient (Wildman–Crippen LogP) is 2.42. The van der Waals surface area contributed by atoms with Gasteiger partial charge in [-0.15, -0.1) is 0 Å². The molecule has 0 saturated heterocycles. The predicted molar refractivity (Wildman–Crippen MR) is 80.1 cm³/mol. The van der Waals surface area contributed by atoms with Gasteiger partial charge in [0.1, 0.15) is 11.4 Å². The van der Waals surface area contributed by atoms with Gasteiger partial charge in [-0.2, -0.15) is 4.99 Å². The van der Waals surface area contributed by atoms with Crippen molar-refractivity contribution < 1.29 is 19.4 Å². The van der Waals surface area contributed by atoms with Crippen LogP contribution in [-0.2, 0) is 9.53 Å². The lowest BCUT2D eigenvalue weighted by Gasteiger charge is -2.17. The highest BCUT2D eigenvalue weighted by Gasteiger charge is 2.16. The summed E-state index contributed by atoms with van der Waals surface area (Å²) >= 11 is 0. The number of ether oxygens (including phenoxy) is 1. The highest BCUT2D eigenvalue weighted by molar-refractivity contribution is 6.02. The van der Waals surface area contributed by atoms with Crippen LogP contribution in [0.25, 0.3) is 6.08 Å². The number of nitrogens with zero attached hydrogens (tertiary/aromatic N) is 1. The van der Waals surface area contributed by atoms with Crippen LogP contribution in [0.3, 0.4) is 0 Å². The number of hydrogen-bond acceptors (Lipinski definition) is 3. The van der Waals surface area contributed by atoms with Gasteiger partial charge in [0, 0.05) is 11.6 Å². The van der Waals surface area contributed by atoms with Crippen molar-refractivity contribution in [3.63, 3.8) is 0 Å². The Bertz CT molecular complexity index is 581. The van der Waals surface area contributed by atoms with Gasteiger partial charge in [-0.05, 0) is 32.4 Å². The molecule has 0 fully saturated rings. The van der Waals surface area contributed by atoms with Crippen molar-refractivity contribution in [2.45, 2.75) is 26.4 Å². The van der Waals surface area contributed by atoms with Crippen LogP contribution in [0.5, 0.6) is 0 Å². The second kappa shape index (κ2) is 6.69. The summed E-state index contributed by atoms with van der Waals surface area (Å²) in [6.07, 6.45) is 1.73. The first-order valence-corrected chi connectivity index (χ1v) is 6.26. The summed E-state index contributed by atoms with van der Waals surface area (Å²) in [6, 6.07) is 6.63. The number of rotatable bonds is 3. The number of aliphatic carboxylic acids is 1. The van der Waals surface area contributed by atoms with E-state index in [2.05, 4.69) is 4.99 Å². The van der Waals surface area contributed by atoms with Crippen LogP contribution in [0, 0.1) is 0 Å². The van der Waals surface area contributed by atoms with E-state index in [1.54, 1.807) is 45.0 Å². The monoisotopic (exact) mass is 290 g/mol. The van der Waals surface area contributed by atoms with Gasteiger partial charge >= 0.3 is 12.1 Å². The quantitative estimate of drug-likeness (QED) is 0.505. The topological polar surface area (TPSA) is 102 Å². The maximum atomic E-state index is 11.5. The molecule has 21 heavy (non-hydrogen) atoms. The van der Waals surface area contributed by atoms with Gasteiger partial charge in [0.2, 0.25) is 0 Å². The smallest absolute Gasteiger partial charge is 0.436 e. The maximum absolute atomic E-state index is 11.5. The molecular formula is C15H18N2O4. The van der Waals surface area contributed by atoms with Crippen molar-refractivity contribution in [1.82, 2.24) is 0 Å². The number of carbonyl (C=O) groups is 2. The third-order valence-corrected chi connectivity index (χ3v) is 2.23. The molecule has 0 heterocycles. The number of carboxylic acids is 1. The van der Waals surface area contributed by atoms with Crippen molar-refractivity contribution in [3.8, 4) is 0 Å². The summed E-state index contributed by atoms with van der Waals surface area (Å²) in [7, 11) is 0. The summed E-state index contributed by atoms with van der Waals surface area (Å²) in [5.41, 5.74) is 6.34. The van der Waals surface area contributed by atoms with Gasteiger partial charge < -0.3 is 15.6 Å².